The molecule has 2 fully saturated rings. The molecule has 0 radical (unpaired) electrons. The molecule has 39 heavy (non-hydrogen) atoms. The Morgan fingerprint density at radius 3 is 2.77 bits per heavy atom. The van der Waals surface area contributed by atoms with E-state index < -0.39 is 17.5 Å². The molecule has 2 saturated heterocycles. The lowest BCUT2D eigenvalue weighted by Gasteiger charge is -2.31. The maximum Gasteiger partial charge on any atom is 0.325 e. The summed E-state index contributed by atoms with van der Waals surface area (Å²) in [4.78, 5) is 60.7. The van der Waals surface area contributed by atoms with Gasteiger partial charge in [0.2, 0.25) is 0 Å². The molecule has 2 aromatic heterocycles. The number of imidazole rings is 1. The first kappa shape index (κ1) is 25.1. The van der Waals surface area contributed by atoms with Crippen LogP contribution in [-0.2, 0) is 9.59 Å². The zero-order chi connectivity index (χ0) is 27.3. The van der Waals surface area contributed by atoms with Crippen molar-refractivity contribution in [2.45, 2.75) is 45.1 Å². The minimum atomic E-state index is -1.03. The summed E-state index contributed by atoms with van der Waals surface area (Å²) in [5.74, 6) is 0.0848. The van der Waals surface area contributed by atoms with E-state index >= 15 is 0 Å². The van der Waals surface area contributed by atoms with Gasteiger partial charge in [0.25, 0.3) is 5.91 Å². The largest absolute Gasteiger partial charge is 0.426 e. The number of carbonyl (C=O) groups excluding carboxylic acids is 3. The van der Waals surface area contributed by atoms with Gasteiger partial charge in [-0.3, -0.25) is 14.5 Å². The fourth-order valence-electron chi connectivity index (χ4n) is 6.15. The topological polar surface area (TPSA) is 137 Å². The van der Waals surface area contributed by atoms with Crippen molar-refractivity contribution in [1.29, 1.82) is 0 Å². The number of H-pyrrole nitrogens is 1. The number of anilines is 2. The van der Waals surface area contributed by atoms with E-state index in [1.54, 1.807) is 6.33 Å². The summed E-state index contributed by atoms with van der Waals surface area (Å²) in [6.45, 7) is 8.88. The minimum Gasteiger partial charge on any atom is -0.426 e. The number of aromatic amines is 1. The molecule has 3 aromatic rings. The molecule has 1 spiro atoms. The number of rotatable bonds is 7. The van der Waals surface area contributed by atoms with Crippen molar-refractivity contribution in [3.63, 3.8) is 0 Å². The molecule has 6 rings (SSSR count). The lowest BCUT2D eigenvalue weighted by Crippen LogP contribution is -2.49. The van der Waals surface area contributed by atoms with Gasteiger partial charge in [-0.25, -0.2) is 19.7 Å². The van der Waals surface area contributed by atoms with Crippen molar-refractivity contribution in [3.05, 3.63) is 36.4 Å². The van der Waals surface area contributed by atoms with Gasteiger partial charge in [-0.1, -0.05) is 13.0 Å². The van der Waals surface area contributed by atoms with Gasteiger partial charge in [0.1, 0.15) is 23.1 Å². The molecule has 0 aliphatic carbocycles. The monoisotopic (exact) mass is 532 g/mol. The molecule has 0 saturated carbocycles. The third kappa shape index (κ3) is 4.05. The average Bonchev–Trinajstić information content (AvgIpc) is 3.63. The highest BCUT2D eigenvalue weighted by Crippen LogP contribution is 2.41. The normalized spacial score (nSPS) is 24.4. The van der Waals surface area contributed by atoms with E-state index in [9.17, 15) is 14.4 Å². The van der Waals surface area contributed by atoms with Gasteiger partial charge in [-0.15, -0.1) is 0 Å². The Hall–Kier alpha value is -4.22. The standard InChI is InChI=1S/C27H32N8O4/c1-4-33(5-2)17-6-7-18-16(3)19(24(36)39-20(18)12-17)8-10-35-25(37)27(32-26(35)38)9-11-34(13-27)23-21-22(29-14-28-21)30-15-31-23/h6-7,12,14-16,19H,4-5,8-11,13H2,1-3H3,(H,32,38)(H,28,29,30,31). The molecular formula is C27H32N8O4. The maximum absolute atomic E-state index is 13.6. The van der Waals surface area contributed by atoms with Crippen LogP contribution in [0.4, 0.5) is 16.3 Å². The first-order valence-electron chi connectivity index (χ1n) is 13.5. The highest BCUT2D eigenvalue weighted by molar-refractivity contribution is 6.08. The van der Waals surface area contributed by atoms with Crippen molar-refractivity contribution in [1.82, 2.24) is 30.2 Å². The number of nitrogens with one attached hydrogen (secondary N) is 2. The van der Waals surface area contributed by atoms with E-state index in [-0.39, 0.29) is 24.3 Å². The van der Waals surface area contributed by atoms with Crippen LogP contribution >= 0.6 is 0 Å². The second-order valence-corrected chi connectivity index (χ2v) is 10.4. The Bertz CT molecular complexity index is 1450. The van der Waals surface area contributed by atoms with Gasteiger partial charge in [0, 0.05) is 37.9 Å². The van der Waals surface area contributed by atoms with E-state index in [0.29, 0.717) is 48.7 Å². The van der Waals surface area contributed by atoms with Crippen LogP contribution in [-0.4, -0.2) is 81.0 Å². The third-order valence-electron chi connectivity index (χ3n) is 8.41. The zero-order valence-corrected chi connectivity index (χ0v) is 22.3. The van der Waals surface area contributed by atoms with Gasteiger partial charge in [0.15, 0.2) is 11.5 Å². The molecule has 0 bridgehead atoms. The number of amides is 3. The summed E-state index contributed by atoms with van der Waals surface area (Å²) in [5.41, 5.74) is 2.19. The number of hydrogen-bond acceptors (Lipinski definition) is 9. The van der Waals surface area contributed by atoms with E-state index in [4.69, 9.17) is 4.74 Å². The Morgan fingerprint density at radius 2 is 1.97 bits per heavy atom. The highest BCUT2D eigenvalue weighted by atomic mass is 16.5. The van der Waals surface area contributed by atoms with Crippen LogP contribution in [0, 0.1) is 5.92 Å². The molecule has 3 aliphatic heterocycles. The smallest absolute Gasteiger partial charge is 0.325 e. The van der Waals surface area contributed by atoms with E-state index in [1.165, 1.54) is 11.2 Å². The average molecular weight is 533 g/mol. The van der Waals surface area contributed by atoms with E-state index in [1.807, 2.05) is 24.0 Å². The van der Waals surface area contributed by atoms with Gasteiger partial charge < -0.3 is 24.8 Å². The number of ether oxygens (including phenoxy) is 1. The molecule has 1 aromatic carbocycles. The molecular weight excluding hydrogens is 500 g/mol. The summed E-state index contributed by atoms with van der Waals surface area (Å²) in [7, 11) is 0. The first-order chi connectivity index (χ1) is 18.8. The maximum atomic E-state index is 13.6. The quantitative estimate of drug-likeness (QED) is 0.267. The fraction of sp³-hybridized carbons (Fsp3) is 0.481. The van der Waals surface area contributed by atoms with Gasteiger partial charge in [-0.05, 0) is 44.2 Å². The lowest BCUT2D eigenvalue weighted by atomic mass is 9.82. The molecule has 204 valence electrons. The third-order valence-corrected chi connectivity index (χ3v) is 8.41. The van der Waals surface area contributed by atoms with Crippen molar-refractivity contribution < 1.29 is 19.1 Å². The molecule has 2 N–H and O–H groups in total. The van der Waals surface area contributed by atoms with Crippen molar-refractivity contribution in [2.24, 2.45) is 5.92 Å². The number of benzene rings is 1. The number of hydrogen-bond donors (Lipinski definition) is 2. The van der Waals surface area contributed by atoms with Crippen LogP contribution < -0.4 is 19.9 Å². The van der Waals surface area contributed by atoms with Gasteiger partial charge in [-0.2, -0.15) is 0 Å². The van der Waals surface area contributed by atoms with E-state index in [0.717, 1.165) is 24.3 Å². The van der Waals surface area contributed by atoms with Crippen LogP contribution in [0.15, 0.2) is 30.9 Å². The van der Waals surface area contributed by atoms with E-state index in [2.05, 4.69) is 50.1 Å². The van der Waals surface area contributed by atoms with Crippen LogP contribution in [0.2, 0.25) is 0 Å². The van der Waals surface area contributed by atoms with Crippen LogP contribution in [0.5, 0.6) is 5.75 Å². The summed E-state index contributed by atoms with van der Waals surface area (Å²) in [5, 5.41) is 2.93. The van der Waals surface area contributed by atoms with Gasteiger partial charge >= 0.3 is 12.0 Å². The Labute approximate surface area is 225 Å². The summed E-state index contributed by atoms with van der Waals surface area (Å²) < 4.78 is 5.75. The molecule has 3 atom stereocenters. The summed E-state index contributed by atoms with van der Waals surface area (Å²) in [6, 6.07) is 5.57. The molecule has 3 aliphatic rings. The number of esters is 1. The molecule has 5 heterocycles. The second kappa shape index (κ2) is 9.51. The predicted octanol–water partition coefficient (Wildman–Crippen LogP) is 2.43. The van der Waals surface area contributed by atoms with Gasteiger partial charge in [0.05, 0.1) is 18.8 Å². The molecule has 12 heteroatoms. The van der Waals surface area contributed by atoms with Crippen molar-refractivity contribution in [3.8, 4) is 5.75 Å². The zero-order valence-electron chi connectivity index (χ0n) is 22.3. The Kier molecular flexibility index (Phi) is 6.12. The van der Waals surface area contributed by atoms with Crippen molar-refractivity contribution >= 4 is 40.6 Å². The minimum absolute atomic E-state index is 0.0988. The fourth-order valence-corrected chi connectivity index (χ4v) is 6.15. The summed E-state index contributed by atoms with van der Waals surface area (Å²) >= 11 is 0. The second-order valence-electron chi connectivity index (χ2n) is 10.4. The van der Waals surface area contributed by atoms with Crippen LogP contribution in [0.1, 0.15) is 45.1 Å². The first-order valence-corrected chi connectivity index (χ1v) is 13.5. The molecule has 12 nitrogen and oxygen atoms in total. The number of urea groups is 1. The number of fused-ring (bicyclic) bond motifs is 2. The summed E-state index contributed by atoms with van der Waals surface area (Å²) in [6.07, 6.45) is 3.78. The molecule has 3 unspecified atom stereocenters. The van der Waals surface area contributed by atoms with Crippen LogP contribution in [0.25, 0.3) is 11.2 Å². The number of aromatic nitrogens is 4. The van der Waals surface area contributed by atoms with Crippen molar-refractivity contribution in [2.75, 3.05) is 42.5 Å². The lowest BCUT2D eigenvalue weighted by molar-refractivity contribution is -0.142. The number of nitrogens with zero attached hydrogens (tertiary/aromatic N) is 6. The molecule has 3 amide bonds. The Morgan fingerprint density at radius 1 is 1.15 bits per heavy atom. The predicted molar refractivity (Wildman–Crippen MR) is 144 cm³/mol. The SMILES string of the molecule is CCN(CC)c1ccc2c(c1)OC(=O)C(CCN1C(=O)NC3(CCN(c4ncnc5nc[nH]c45)C3)C1=O)C2C. The van der Waals surface area contributed by atoms with Crippen LogP contribution in [0.3, 0.4) is 0 Å². The number of imide groups is 1. The highest BCUT2D eigenvalue weighted by Gasteiger charge is 2.55. The Balaban J connectivity index is 1.14. The number of carbonyl (C=O) groups is 3.